The number of rotatable bonds is 4. The third-order valence-electron chi connectivity index (χ3n) is 4.72. The minimum absolute atomic E-state index is 0.191. The van der Waals surface area contributed by atoms with Crippen LogP contribution in [0.1, 0.15) is 38.4 Å². The van der Waals surface area contributed by atoms with Crippen LogP contribution in [0.5, 0.6) is 5.75 Å². The number of methoxy groups -OCH3 is 1. The normalized spacial score (nSPS) is 20.1. The van der Waals surface area contributed by atoms with Gasteiger partial charge in [0.1, 0.15) is 11.4 Å². The molecule has 2 N–H and O–H groups in total. The molecule has 0 spiro atoms. The van der Waals surface area contributed by atoms with Gasteiger partial charge < -0.3 is 15.4 Å². The zero-order chi connectivity index (χ0) is 17.8. The number of aromatic nitrogens is 4. The van der Waals surface area contributed by atoms with E-state index in [1.54, 1.807) is 36.9 Å². The second-order valence-electron chi connectivity index (χ2n) is 6.49. The van der Waals surface area contributed by atoms with Crippen molar-refractivity contribution in [3.63, 3.8) is 0 Å². The van der Waals surface area contributed by atoms with E-state index in [2.05, 4.69) is 33.1 Å². The highest BCUT2D eigenvalue weighted by atomic mass is 16.5. The van der Waals surface area contributed by atoms with Crippen LogP contribution in [-0.2, 0) is 0 Å². The number of amides is 2. The van der Waals surface area contributed by atoms with E-state index in [0.29, 0.717) is 28.9 Å². The van der Waals surface area contributed by atoms with Gasteiger partial charge in [-0.05, 0) is 54.3 Å². The first-order chi connectivity index (χ1) is 12.1. The lowest BCUT2D eigenvalue weighted by Gasteiger charge is -2.29. The van der Waals surface area contributed by atoms with Gasteiger partial charge in [0, 0.05) is 11.7 Å². The second kappa shape index (κ2) is 7.50. The number of carbonyl (C=O) groups is 1. The molecule has 2 unspecified atom stereocenters. The number of hydrogen-bond donors (Lipinski definition) is 2. The molecule has 8 heteroatoms. The zero-order valence-corrected chi connectivity index (χ0v) is 14.8. The predicted molar refractivity (Wildman–Crippen MR) is 94.0 cm³/mol. The summed E-state index contributed by atoms with van der Waals surface area (Å²) in [4.78, 5) is 12.3. The molecule has 1 aliphatic rings. The Morgan fingerprint density at radius 3 is 2.80 bits per heavy atom. The molecule has 8 nitrogen and oxygen atoms in total. The third-order valence-corrected chi connectivity index (χ3v) is 4.72. The number of tetrazole rings is 1. The highest BCUT2D eigenvalue weighted by Gasteiger charge is 2.23. The first-order valence-corrected chi connectivity index (χ1v) is 8.59. The summed E-state index contributed by atoms with van der Waals surface area (Å²) in [6, 6.07) is 5.42. The Hall–Kier alpha value is -2.64. The van der Waals surface area contributed by atoms with Gasteiger partial charge in [0.2, 0.25) is 0 Å². The lowest BCUT2D eigenvalue weighted by Crippen LogP contribution is -2.43. The van der Waals surface area contributed by atoms with Crippen LogP contribution in [0.4, 0.5) is 10.5 Å². The summed E-state index contributed by atoms with van der Waals surface area (Å²) < 4.78 is 6.95. The molecule has 0 saturated heterocycles. The van der Waals surface area contributed by atoms with Gasteiger partial charge in [0.05, 0.1) is 7.11 Å². The Bertz CT molecular complexity index is 744. The molecular formula is C17H24N6O2. The van der Waals surface area contributed by atoms with E-state index in [0.717, 1.165) is 12.8 Å². The Morgan fingerprint density at radius 2 is 2.12 bits per heavy atom. The first-order valence-electron chi connectivity index (χ1n) is 8.59. The van der Waals surface area contributed by atoms with E-state index in [1.165, 1.54) is 12.8 Å². The molecule has 2 atom stereocenters. The summed E-state index contributed by atoms with van der Waals surface area (Å²) >= 11 is 0. The fourth-order valence-electron chi connectivity index (χ4n) is 3.25. The van der Waals surface area contributed by atoms with Crippen LogP contribution in [0.3, 0.4) is 0 Å². The summed E-state index contributed by atoms with van der Waals surface area (Å²) in [6.45, 7) is 3.99. The molecule has 1 saturated carbocycles. The van der Waals surface area contributed by atoms with Crippen LogP contribution in [-0.4, -0.2) is 39.4 Å². The van der Waals surface area contributed by atoms with Crippen LogP contribution in [0, 0.1) is 12.8 Å². The van der Waals surface area contributed by atoms with Gasteiger partial charge in [-0.15, -0.1) is 5.10 Å². The largest absolute Gasteiger partial charge is 0.494 e. The quantitative estimate of drug-likeness (QED) is 0.889. The lowest BCUT2D eigenvalue weighted by atomic mass is 9.86. The average Bonchev–Trinajstić information content (AvgIpc) is 3.03. The highest BCUT2D eigenvalue weighted by Crippen LogP contribution is 2.27. The van der Waals surface area contributed by atoms with E-state index < -0.39 is 0 Å². The zero-order valence-electron chi connectivity index (χ0n) is 14.8. The standard InChI is InChI=1S/C17H24N6O2/c1-11-6-4-5-7-14(11)19-17(24)18-13-8-9-16(25-3)15(10-13)23-12(2)20-21-22-23/h8-11,14H,4-7H2,1-3H3,(H2,18,19,24). The molecule has 134 valence electrons. The molecule has 1 heterocycles. The van der Waals surface area contributed by atoms with Crippen LogP contribution < -0.4 is 15.4 Å². The van der Waals surface area contributed by atoms with Gasteiger partial charge in [0.25, 0.3) is 0 Å². The number of urea groups is 1. The Labute approximate surface area is 146 Å². The summed E-state index contributed by atoms with van der Waals surface area (Å²) in [5.74, 6) is 1.77. The van der Waals surface area contributed by atoms with Crippen molar-refractivity contribution >= 4 is 11.7 Å². The van der Waals surface area contributed by atoms with Gasteiger partial charge in [0.15, 0.2) is 5.82 Å². The number of ether oxygens (including phenoxy) is 1. The Morgan fingerprint density at radius 1 is 1.32 bits per heavy atom. The fourth-order valence-corrected chi connectivity index (χ4v) is 3.25. The molecular weight excluding hydrogens is 320 g/mol. The summed E-state index contributed by atoms with van der Waals surface area (Å²) in [6.07, 6.45) is 4.61. The molecule has 25 heavy (non-hydrogen) atoms. The molecule has 1 aromatic carbocycles. The molecule has 0 radical (unpaired) electrons. The average molecular weight is 344 g/mol. The Balaban J connectivity index is 1.74. The molecule has 0 bridgehead atoms. The van der Waals surface area contributed by atoms with Crippen molar-refractivity contribution < 1.29 is 9.53 Å². The minimum atomic E-state index is -0.191. The number of carbonyl (C=O) groups excluding carboxylic acids is 1. The maximum Gasteiger partial charge on any atom is 0.319 e. The molecule has 2 aromatic rings. The molecule has 1 aliphatic carbocycles. The van der Waals surface area contributed by atoms with Crippen molar-refractivity contribution in [3.8, 4) is 11.4 Å². The fraction of sp³-hybridized carbons (Fsp3) is 0.529. The van der Waals surface area contributed by atoms with Crippen molar-refractivity contribution in [2.24, 2.45) is 5.92 Å². The SMILES string of the molecule is COc1ccc(NC(=O)NC2CCCCC2C)cc1-n1nnnc1C. The first kappa shape index (κ1) is 17.2. The van der Waals surface area contributed by atoms with Crippen molar-refractivity contribution in [3.05, 3.63) is 24.0 Å². The smallest absolute Gasteiger partial charge is 0.319 e. The van der Waals surface area contributed by atoms with E-state index in [4.69, 9.17) is 4.74 Å². The molecule has 1 fully saturated rings. The monoisotopic (exact) mass is 344 g/mol. The molecule has 3 rings (SSSR count). The summed E-state index contributed by atoms with van der Waals surface area (Å²) in [7, 11) is 1.59. The molecule has 1 aromatic heterocycles. The van der Waals surface area contributed by atoms with Crippen LogP contribution >= 0.6 is 0 Å². The topological polar surface area (TPSA) is 94.0 Å². The van der Waals surface area contributed by atoms with Gasteiger partial charge in [-0.2, -0.15) is 4.68 Å². The van der Waals surface area contributed by atoms with E-state index >= 15 is 0 Å². The predicted octanol–water partition coefficient (Wildman–Crippen LogP) is 2.68. The molecule has 0 aliphatic heterocycles. The Kier molecular flexibility index (Phi) is 5.16. The summed E-state index contributed by atoms with van der Waals surface area (Å²) in [5.41, 5.74) is 1.33. The van der Waals surface area contributed by atoms with Crippen molar-refractivity contribution in [2.75, 3.05) is 12.4 Å². The van der Waals surface area contributed by atoms with Crippen LogP contribution in [0.2, 0.25) is 0 Å². The maximum atomic E-state index is 12.3. The van der Waals surface area contributed by atoms with Crippen LogP contribution in [0.15, 0.2) is 18.2 Å². The number of benzene rings is 1. The van der Waals surface area contributed by atoms with Crippen LogP contribution in [0.25, 0.3) is 5.69 Å². The summed E-state index contributed by atoms with van der Waals surface area (Å²) in [5, 5.41) is 17.5. The van der Waals surface area contributed by atoms with E-state index in [9.17, 15) is 4.79 Å². The minimum Gasteiger partial charge on any atom is -0.494 e. The van der Waals surface area contributed by atoms with Crippen molar-refractivity contribution in [1.29, 1.82) is 0 Å². The number of hydrogen-bond acceptors (Lipinski definition) is 5. The van der Waals surface area contributed by atoms with Crippen molar-refractivity contribution in [2.45, 2.75) is 45.6 Å². The number of anilines is 1. The van der Waals surface area contributed by atoms with Gasteiger partial charge in [-0.3, -0.25) is 0 Å². The van der Waals surface area contributed by atoms with Gasteiger partial charge in [-0.25, -0.2) is 4.79 Å². The number of nitrogens with one attached hydrogen (secondary N) is 2. The lowest BCUT2D eigenvalue weighted by molar-refractivity contribution is 0.232. The van der Waals surface area contributed by atoms with E-state index in [-0.39, 0.29) is 12.1 Å². The number of aryl methyl sites for hydroxylation is 1. The van der Waals surface area contributed by atoms with Gasteiger partial charge >= 0.3 is 6.03 Å². The van der Waals surface area contributed by atoms with Crippen molar-refractivity contribution in [1.82, 2.24) is 25.5 Å². The number of nitrogens with zero attached hydrogens (tertiary/aromatic N) is 4. The highest BCUT2D eigenvalue weighted by molar-refractivity contribution is 5.90. The maximum absolute atomic E-state index is 12.3. The second-order valence-corrected chi connectivity index (χ2v) is 6.49. The van der Waals surface area contributed by atoms with Gasteiger partial charge in [-0.1, -0.05) is 19.8 Å². The van der Waals surface area contributed by atoms with E-state index in [1.807, 2.05) is 0 Å². The molecule has 2 amide bonds. The third kappa shape index (κ3) is 3.89.